The van der Waals surface area contributed by atoms with Crippen molar-refractivity contribution in [1.29, 1.82) is 0 Å². The van der Waals surface area contributed by atoms with Gasteiger partial charge in [0.2, 0.25) is 35.4 Å². The van der Waals surface area contributed by atoms with E-state index < -0.39 is 83.9 Å². The van der Waals surface area contributed by atoms with E-state index in [-0.39, 0.29) is 51.7 Å². The summed E-state index contributed by atoms with van der Waals surface area (Å²) in [4.78, 5) is 107. The topological polar surface area (TPSA) is 281 Å². The van der Waals surface area contributed by atoms with Crippen LogP contribution in [0.2, 0.25) is 0 Å². The number of rotatable bonds is 17. The van der Waals surface area contributed by atoms with Gasteiger partial charge in [-0.15, -0.1) is 0 Å². The molecule has 77 heavy (non-hydrogen) atoms. The van der Waals surface area contributed by atoms with Crippen LogP contribution in [0.25, 0.3) is 10.9 Å². The first-order valence-electron chi connectivity index (χ1n) is 26.0. The molecule has 2 saturated heterocycles. The molecular weight excluding hydrogens is 981 g/mol. The predicted molar refractivity (Wildman–Crippen MR) is 288 cm³/mol. The van der Waals surface area contributed by atoms with Crippen LogP contribution >= 0.6 is 0 Å². The standard InChI is InChI=1S/C58H66N10O9/c59-27-13-12-22-46-52(69)64-47(30-38-23-25-42(26-24-38)76-36-39-16-6-2-7-17-39)53(70)66-49(31-37-14-4-1-5-15-37)57(74)68-35-43(77-58(75)61-29-28-60)33-50(68)55(72)67-51(40-18-8-3-9-19-40)56(73)65-48(54(71)63-46)32-41-34-62-45-21-11-10-20-44(41)45/h1-11,14-21,23-26,34,43,46-51,62H,12-13,22,27-33,35-36,59-60H2,(H,61,75)(H,63,71)(H,64,69)(H,65,73)(H,66,70)(H,67,72)/t43?,46-,47-,48+,49-,50+,51-/m0/s1. The van der Waals surface area contributed by atoms with Crippen LogP contribution in [0.1, 0.15) is 59.5 Å². The Morgan fingerprint density at radius 2 is 1.17 bits per heavy atom. The SMILES string of the molecule is NCCCC[C@@H]1NC(=O)[C@@H](Cc2c[nH]c3ccccc23)NC(=O)[C@H](c2ccccc2)NC(=O)[C@H]2CC(OC(=O)NCCN)CN2C(=O)[C@H](Cc2ccccc2)NC(=O)[C@H](Cc2ccc(OCc3ccccc3)cc2)NC1=O. The zero-order valence-electron chi connectivity index (χ0n) is 42.7. The van der Waals surface area contributed by atoms with Gasteiger partial charge in [0, 0.05) is 55.9 Å². The summed E-state index contributed by atoms with van der Waals surface area (Å²) in [6.07, 6.45) is 0.652. The van der Waals surface area contributed by atoms with Gasteiger partial charge in [-0.1, -0.05) is 121 Å². The van der Waals surface area contributed by atoms with Gasteiger partial charge in [0.15, 0.2) is 0 Å². The highest BCUT2D eigenvalue weighted by Crippen LogP contribution is 2.26. The van der Waals surface area contributed by atoms with E-state index in [0.29, 0.717) is 54.0 Å². The number of H-pyrrole nitrogens is 1. The lowest BCUT2D eigenvalue weighted by molar-refractivity contribution is -0.143. The summed E-state index contributed by atoms with van der Waals surface area (Å²) in [6, 6.07) is 33.6. The molecule has 0 bridgehead atoms. The van der Waals surface area contributed by atoms with Gasteiger partial charge in [-0.3, -0.25) is 28.8 Å². The Kier molecular flexibility index (Phi) is 19.0. The second-order valence-corrected chi connectivity index (χ2v) is 19.2. The minimum absolute atomic E-state index is 0.0385. The minimum atomic E-state index is -1.42. The molecule has 8 rings (SSSR count). The third-order valence-electron chi connectivity index (χ3n) is 13.7. The van der Waals surface area contributed by atoms with E-state index in [9.17, 15) is 24.0 Å². The molecule has 1 unspecified atom stereocenters. The number of fused-ring (bicyclic) bond motifs is 2. The number of carbonyl (C=O) groups is 7. The zero-order valence-corrected chi connectivity index (χ0v) is 42.7. The Bertz CT molecular complexity index is 2960. The van der Waals surface area contributed by atoms with Crippen LogP contribution in [0.3, 0.4) is 0 Å². The fourth-order valence-corrected chi connectivity index (χ4v) is 9.65. The van der Waals surface area contributed by atoms with Crippen LogP contribution in [-0.4, -0.2) is 114 Å². The molecule has 2 fully saturated rings. The highest BCUT2D eigenvalue weighted by Gasteiger charge is 2.45. The summed E-state index contributed by atoms with van der Waals surface area (Å²) in [5.74, 6) is -3.76. The van der Waals surface area contributed by atoms with Crippen LogP contribution in [0, 0.1) is 0 Å². The molecule has 19 heteroatoms. The number of amides is 7. The van der Waals surface area contributed by atoms with Gasteiger partial charge < -0.3 is 62.7 Å². The largest absolute Gasteiger partial charge is 0.489 e. The van der Waals surface area contributed by atoms with E-state index in [1.54, 1.807) is 85.1 Å². The first-order chi connectivity index (χ1) is 37.5. The molecule has 11 N–H and O–H groups in total. The molecule has 2 aliphatic heterocycles. The number of ether oxygens (including phenoxy) is 2. The van der Waals surface area contributed by atoms with E-state index in [1.165, 1.54) is 4.90 Å². The van der Waals surface area contributed by atoms with E-state index >= 15 is 9.59 Å². The Hall–Kier alpha value is -8.55. The van der Waals surface area contributed by atoms with E-state index in [0.717, 1.165) is 16.5 Å². The molecule has 1 aromatic heterocycles. The van der Waals surface area contributed by atoms with Gasteiger partial charge in [0.05, 0.1) is 6.54 Å². The van der Waals surface area contributed by atoms with Crippen molar-refractivity contribution in [2.24, 2.45) is 11.5 Å². The van der Waals surface area contributed by atoms with E-state index in [1.807, 2.05) is 60.7 Å². The quantitative estimate of drug-likeness (QED) is 0.0598. The van der Waals surface area contributed by atoms with Gasteiger partial charge in [-0.25, -0.2) is 4.79 Å². The van der Waals surface area contributed by atoms with Gasteiger partial charge in [0.25, 0.3) is 0 Å². The summed E-state index contributed by atoms with van der Waals surface area (Å²) < 4.78 is 11.8. The van der Waals surface area contributed by atoms with Crippen LogP contribution in [0.15, 0.2) is 146 Å². The number of carbonyl (C=O) groups excluding carboxylic acids is 7. The van der Waals surface area contributed by atoms with Crippen molar-refractivity contribution in [1.82, 2.24) is 41.8 Å². The smallest absolute Gasteiger partial charge is 0.407 e. The third-order valence-corrected chi connectivity index (χ3v) is 13.7. The molecule has 2 aliphatic rings. The number of nitrogens with zero attached hydrogens (tertiary/aromatic N) is 1. The molecule has 6 aromatic rings. The third kappa shape index (κ3) is 14.9. The van der Waals surface area contributed by atoms with Crippen LogP contribution in [-0.2, 0) is 59.4 Å². The molecule has 0 radical (unpaired) electrons. The molecular formula is C58H66N10O9. The van der Waals surface area contributed by atoms with Crippen LogP contribution < -0.4 is 48.1 Å². The van der Waals surface area contributed by atoms with Crippen molar-refractivity contribution in [2.45, 2.75) is 93.9 Å². The zero-order chi connectivity index (χ0) is 54.1. The fourth-order valence-electron chi connectivity index (χ4n) is 9.65. The Morgan fingerprint density at radius 3 is 1.87 bits per heavy atom. The lowest BCUT2D eigenvalue weighted by Crippen LogP contribution is -2.61. The van der Waals surface area contributed by atoms with Gasteiger partial charge in [-0.2, -0.15) is 0 Å². The van der Waals surface area contributed by atoms with Crippen LogP contribution in [0.5, 0.6) is 5.75 Å². The molecule has 7 amide bonds. The van der Waals surface area contributed by atoms with Crippen molar-refractivity contribution in [3.63, 3.8) is 0 Å². The van der Waals surface area contributed by atoms with Crippen LogP contribution in [0.4, 0.5) is 4.79 Å². The average Bonchev–Trinajstić information content (AvgIpc) is 4.08. The number of para-hydroxylation sites is 1. The Balaban J connectivity index is 1.19. The molecule has 0 spiro atoms. The van der Waals surface area contributed by atoms with Crippen molar-refractivity contribution < 1.29 is 43.0 Å². The number of aromatic nitrogens is 1. The number of unbranched alkanes of at least 4 members (excludes halogenated alkanes) is 1. The maximum atomic E-state index is 15.3. The highest BCUT2D eigenvalue weighted by molar-refractivity contribution is 5.99. The Morgan fingerprint density at radius 1 is 0.584 bits per heavy atom. The summed E-state index contributed by atoms with van der Waals surface area (Å²) >= 11 is 0. The number of benzene rings is 5. The second kappa shape index (κ2) is 26.8. The summed E-state index contributed by atoms with van der Waals surface area (Å²) in [5.41, 5.74) is 15.7. The fraction of sp³-hybridized carbons (Fsp3) is 0.328. The average molecular weight is 1050 g/mol. The molecule has 5 aromatic carbocycles. The van der Waals surface area contributed by atoms with Gasteiger partial charge in [0.1, 0.15) is 54.7 Å². The van der Waals surface area contributed by atoms with Crippen molar-refractivity contribution in [3.8, 4) is 5.75 Å². The molecule has 19 nitrogen and oxygen atoms in total. The van der Waals surface area contributed by atoms with E-state index in [4.69, 9.17) is 20.9 Å². The number of hydrogen-bond donors (Lipinski definition) is 9. The highest BCUT2D eigenvalue weighted by atomic mass is 16.6. The maximum Gasteiger partial charge on any atom is 0.407 e. The van der Waals surface area contributed by atoms with Gasteiger partial charge >= 0.3 is 6.09 Å². The monoisotopic (exact) mass is 1050 g/mol. The maximum absolute atomic E-state index is 15.3. The normalized spacial score (nSPS) is 21.6. The van der Waals surface area contributed by atoms with Crippen molar-refractivity contribution in [3.05, 3.63) is 174 Å². The summed E-state index contributed by atoms with van der Waals surface area (Å²) in [7, 11) is 0. The molecule has 7 atom stereocenters. The number of nitrogens with one attached hydrogen (secondary N) is 7. The van der Waals surface area contributed by atoms with E-state index in [2.05, 4.69) is 36.9 Å². The minimum Gasteiger partial charge on any atom is -0.489 e. The lowest BCUT2D eigenvalue weighted by Gasteiger charge is -2.32. The predicted octanol–water partition coefficient (Wildman–Crippen LogP) is 3.37. The molecule has 0 saturated carbocycles. The molecule has 3 heterocycles. The molecule has 0 aliphatic carbocycles. The van der Waals surface area contributed by atoms with Gasteiger partial charge in [-0.05, 0) is 71.8 Å². The summed E-state index contributed by atoms with van der Waals surface area (Å²) in [6.45, 7) is 0.617. The number of nitrogens with two attached hydrogens (primary N) is 2. The second-order valence-electron chi connectivity index (χ2n) is 19.2. The number of hydrogen-bond acceptors (Lipinski definition) is 11. The first kappa shape index (κ1) is 54.7. The van der Waals surface area contributed by atoms with Crippen molar-refractivity contribution >= 4 is 52.4 Å². The van der Waals surface area contributed by atoms with Crippen molar-refractivity contribution in [2.75, 3.05) is 26.2 Å². The number of aromatic amines is 1. The molecule has 402 valence electrons. The number of alkyl carbamates (subject to hydrolysis) is 1. The lowest BCUT2D eigenvalue weighted by atomic mass is 9.99. The Labute approximate surface area is 446 Å². The summed E-state index contributed by atoms with van der Waals surface area (Å²) in [5, 5.41) is 17.9. The first-order valence-corrected chi connectivity index (χ1v) is 26.0.